The van der Waals surface area contributed by atoms with Gasteiger partial charge in [0.1, 0.15) is 0 Å². The molecule has 2 heteroatoms. The first kappa shape index (κ1) is 4.62. The van der Waals surface area contributed by atoms with Crippen molar-refractivity contribution in [2.24, 2.45) is 0 Å². The highest BCUT2D eigenvalue weighted by atomic mass is 16.1. The van der Waals surface area contributed by atoms with Gasteiger partial charge in [0.05, 0.1) is 0 Å². The molecule has 7 heavy (non-hydrogen) atoms. The Balaban J connectivity index is 2.25. The van der Waals surface area contributed by atoms with Crippen molar-refractivity contribution in [2.45, 2.75) is 19.3 Å². The van der Waals surface area contributed by atoms with Gasteiger partial charge in [0.15, 0.2) is 0 Å². The number of hydrogen-bond donors (Lipinski definition) is 0. The normalized spacial score (nSPS) is 21.4. The van der Waals surface area contributed by atoms with Crippen LogP contribution in [-0.2, 0) is 4.79 Å². The molecule has 1 heterocycles. The number of nitrogens with zero attached hydrogens (tertiary/aromatic N) is 1. The van der Waals surface area contributed by atoms with Crippen LogP contribution < -0.4 is 5.32 Å². The quantitative estimate of drug-likeness (QED) is 0.428. The first-order valence-electron chi connectivity index (χ1n) is 2.60. The standard InChI is InChI=1S/C5H8NO/c7-5-3-1-2-4-6-5/h1-4H2. The van der Waals surface area contributed by atoms with E-state index in [1.54, 1.807) is 0 Å². The monoisotopic (exact) mass is 98.1 g/mol. The van der Waals surface area contributed by atoms with Crippen molar-refractivity contribution in [1.82, 2.24) is 5.32 Å². The number of piperidine rings is 1. The van der Waals surface area contributed by atoms with Gasteiger partial charge in [-0.15, -0.1) is 0 Å². The zero-order valence-electron chi connectivity index (χ0n) is 4.18. The third-order valence-electron chi connectivity index (χ3n) is 1.09. The Morgan fingerprint density at radius 3 is 2.57 bits per heavy atom. The van der Waals surface area contributed by atoms with E-state index in [4.69, 9.17) is 0 Å². The number of carbonyl (C=O) groups is 1. The van der Waals surface area contributed by atoms with Gasteiger partial charge < -0.3 is 0 Å². The minimum atomic E-state index is 0.0891. The molecule has 1 rings (SSSR count). The van der Waals surface area contributed by atoms with Crippen LogP contribution in [0.1, 0.15) is 19.3 Å². The minimum Gasteiger partial charge on any atom is -0.273 e. The van der Waals surface area contributed by atoms with Crippen LogP contribution in [0.5, 0.6) is 0 Å². The van der Waals surface area contributed by atoms with Crippen LogP contribution in [0, 0.1) is 0 Å². The number of amides is 1. The first-order chi connectivity index (χ1) is 3.39. The summed E-state index contributed by atoms with van der Waals surface area (Å²) >= 11 is 0. The molecule has 0 N–H and O–H groups in total. The Morgan fingerprint density at radius 2 is 2.29 bits per heavy atom. The van der Waals surface area contributed by atoms with Crippen molar-refractivity contribution in [1.29, 1.82) is 0 Å². The van der Waals surface area contributed by atoms with Gasteiger partial charge in [-0.3, -0.25) is 10.1 Å². The molecule has 0 atom stereocenters. The molecular weight excluding hydrogens is 90.1 g/mol. The summed E-state index contributed by atoms with van der Waals surface area (Å²) in [6, 6.07) is 0. The lowest BCUT2D eigenvalue weighted by Gasteiger charge is -2.05. The van der Waals surface area contributed by atoms with Gasteiger partial charge in [-0.25, -0.2) is 0 Å². The molecular formula is C5H8NO. The van der Waals surface area contributed by atoms with E-state index in [-0.39, 0.29) is 5.91 Å². The summed E-state index contributed by atoms with van der Waals surface area (Å²) in [6.07, 6.45) is 2.83. The molecule has 1 fully saturated rings. The Labute approximate surface area is 42.9 Å². The summed E-state index contributed by atoms with van der Waals surface area (Å²) in [5.41, 5.74) is 0. The lowest BCUT2D eigenvalue weighted by molar-refractivity contribution is -0.122. The maximum atomic E-state index is 10.3. The van der Waals surface area contributed by atoms with Crippen LogP contribution in [0.4, 0.5) is 0 Å². The largest absolute Gasteiger partial charge is 0.273 e. The molecule has 0 spiro atoms. The van der Waals surface area contributed by atoms with Crippen molar-refractivity contribution in [2.75, 3.05) is 6.54 Å². The SMILES string of the molecule is O=C1CCCC[N]1. The maximum Gasteiger partial charge on any atom is 0.241 e. The third-order valence-corrected chi connectivity index (χ3v) is 1.09. The first-order valence-corrected chi connectivity index (χ1v) is 2.60. The van der Waals surface area contributed by atoms with Crippen LogP contribution in [0.2, 0.25) is 0 Å². The molecule has 0 saturated carbocycles. The highest BCUT2D eigenvalue weighted by Crippen LogP contribution is 2.00. The van der Waals surface area contributed by atoms with Crippen LogP contribution >= 0.6 is 0 Å². The van der Waals surface area contributed by atoms with E-state index < -0.39 is 0 Å². The van der Waals surface area contributed by atoms with Gasteiger partial charge in [0.25, 0.3) is 0 Å². The molecule has 1 aliphatic rings. The maximum absolute atomic E-state index is 10.3. The second-order valence-corrected chi connectivity index (χ2v) is 1.73. The second-order valence-electron chi connectivity index (χ2n) is 1.73. The predicted octanol–water partition coefficient (Wildman–Crippen LogP) is 0.301. The van der Waals surface area contributed by atoms with Gasteiger partial charge in [-0.05, 0) is 12.8 Å². The van der Waals surface area contributed by atoms with Gasteiger partial charge in [-0.1, -0.05) is 0 Å². The van der Waals surface area contributed by atoms with Crippen molar-refractivity contribution >= 4 is 5.91 Å². The van der Waals surface area contributed by atoms with Gasteiger partial charge >= 0.3 is 0 Å². The summed E-state index contributed by atoms with van der Waals surface area (Å²) in [5, 5.41) is 3.69. The van der Waals surface area contributed by atoms with E-state index >= 15 is 0 Å². The zero-order valence-corrected chi connectivity index (χ0v) is 4.18. The molecule has 0 aromatic rings. The lowest BCUT2D eigenvalue weighted by atomic mass is 10.2. The average molecular weight is 98.1 g/mol. The molecule has 0 bridgehead atoms. The van der Waals surface area contributed by atoms with Crippen LogP contribution in [-0.4, -0.2) is 12.5 Å². The average Bonchev–Trinajstić information content (AvgIpc) is 1.69. The molecule has 1 saturated heterocycles. The Morgan fingerprint density at radius 1 is 1.43 bits per heavy atom. The summed E-state index contributed by atoms with van der Waals surface area (Å²) < 4.78 is 0. The lowest BCUT2D eigenvalue weighted by Crippen LogP contribution is -2.21. The molecule has 0 aliphatic carbocycles. The van der Waals surface area contributed by atoms with Crippen LogP contribution in [0.3, 0.4) is 0 Å². The Hall–Kier alpha value is -0.530. The number of carbonyl (C=O) groups excluding carboxylic acids is 1. The van der Waals surface area contributed by atoms with Crippen LogP contribution in [0.25, 0.3) is 0 Å². The highest BCUT2D eigenvalue weighted by Gasteiger charge is 2.06. The summed E-state index contributed by atoms with van der Waals surface area (Å²) in [6.45, 7) is 0.763. The van der Waals surface area contributed by atoms with E-state index in [0.29, 0.717) is 6.42 Å². The number of hydrogen-bond acceptors (Lipinski definition) is 1. The van der Waals surface area contributed by atoms with Crippen molar-refractivity contribution in [3.63, 3.8) is 0 Å². The van der Waals surface area contributed by atoms with E-state index in [2.05, 4.69) is 5.32 Å². The van der Waals surface area contributed by atoms with Gasteiger partial charge in [0.2, 0.25) is 5.91 Å². The summed E-state index contributed by atoms with van der Waals surface area (Å²) in [4.78, 5) is 10.3. The zero-order chi connectivity index (χ0) is 5.11. The highest BCUT2D eigenvalue weighted by molar-refractivity contribution is 5.76. The van der Waals surface area contributed by atoms with E-state index in [9.17, 15) is 4.79 Å². The van der Waals surface area contributed by atoms with Crippen LogP contribution in [0.15, 0.2) is 0 Å². The van der Waals surface area contributed by atoms with Crippen molar-refractivity contribution in [3.05, 3.63) is 0 Å². The fourth-order valence-electron chi connectivity index (χ4n) is 0.671. The summed E-state index contributed by atoms with van der Waals surface area (Å²) in [5.74, 6) is 0.0891. The molecule has 0 aromatic heterocycles. The molecule has 1 aliphatic heterocycles. The molecule has 2 nitrogen and oxygen atoms in total. The third kappa shape index (κ3) is 1.18. The molecule has 0 aromatic carbocycles. The molecule has 39 valence electrons. The van der Waals surface area contributed by atoms with Crippen molar-refractivity contribution < 1.29 is 4.79 Å². The molecule has 1 radical (unpaired) electrons. The fraction of sp³-hybridized carbons (Fsp3) is 0.800. The molecule has 1 amide bonds. The Kier molecular flexibility index (Phi) is 1.29. The van der Waals surface area contributed by atoms with Gasteiger partial charge in [0, 0.05) is 13.0 Å². The molecule has 0 unspecified atom stereocenters. The van der Waals surface area contributed by atoms with Crippen molar-refractivity contribution in [3.8, 4) is 0 Å². The van der Waals surface area contributed by atoms with Gasteiger partial charge in [-0.2, -0.15) is 0 Å². The van der Waals surface area contributed by atoms with E-state index in [1.165, 1.54) is 0 Å². The minimum absolute atomic E-state index is 0.0891. The summed E-state index contributed by atoms with van der Waals surface area (Å²) in [7, 11) is 0. The fourth-order valence-corrected chi connectivity index (χ4v) is 0.671. The smallest absolute Gasteiger partial charge is 0.241 e. The number of rotatable bonds is 0. The van der Waals surface area contributed by atoms with E-state index in [0.717, 1.165) is 19.4 Å². The van der Waals surface area contributed by atoms with E-state index in [1.807, 2.05) is 0 Å². The second kappa shape index (κ2) is 1.96. The predicted molar refractivity (Wildman–Crippen MR) is 25.9 cm³/mol. The topological polar surface area (TPSA) is 31.2 Å². The Bertz CT molecular complexity index is 72.1.